The molecule has 2 heteroatoms. The lowest BCUT2D eigenvalue weighted by atomic mass is 9.88. The van der Waals surface area contributed by atoms with E-state index in [-0.39, 0.29) is 0 Å². The summed E-state index contributed by atoms with van der Waals surface area (Å²) < 4.78 is 0. The van der Waals surface area contributed by atoms with E-state index in [1.165, 1.54) is 29.7 Å². The van der Waals surface area contributed by atoms with Crippen molar-refractivity contribution in [2.45, 2.75) is 33.2 Å². The van der Waals surface area contributed by atoms with Crippen molar-refractivity contribution in [3.63, 3.8) is 0 Å². The monoisotopic (exact) mass is 230 g/mol. The molecule has 0 amide bonds. The summed E-state index contributed by atoms with van der Waals surface area (Å²) in [4.78, 5) is 4.72. The first-order chi connectivity index (χ1) is 8.45. The molecule has 2 aliphatic rings. The number of fused-ring (bicyclic) bond motifs is 1. The van der Waals surface area contributed by atoms with Crippen LogP contribution in [0.25, 0.3) is 0 Å². The zero-order valence-corrected chi connectivity index (χ0v) is 10.9. The number of piperidine rings is 1. The van der Waals surface area contributed by atoms with E-state index in [9.17, 15) is 0 Å². The van der Waals surface area contributed by atoms with E-state index in [0.29, 0.717) is 5.92 Å². The van der Waals surface area contributed by atoms with Gasteiger partial charge >= 0.3 is 0 Å². The van der Waals surface area contributed by atoms with Crippen LogP contribution in [0, 0.1) is 5.92 Å². The van der Waals surface area contributed by atoms with E-state index < -0.39 is 0 Å². The molecule has 0 aliphatic carbocycles. The summed E-state index contributed by atoms with van der Waals surface area (Å²) in [7, 11) is 0. The van der Waals surface area contributed by atoms with Gasteiger partial charge in [-0.25, -0.2) is 0 Å². The highest BCUT2D eigenvalue weighted by Crippen LogP contribution is 2.26. The molecule has 2 nitrogen and oxygen atoms in total. The number of aliphatic imine (C=N–C) groups is 1. The number of hydrogen-bond donors (Lipinski definition) is 1. The Hall–Kier alpha value is -1.15. The van der Waals surface area contributed by atoms with Crippen molar-refractivity contribution in [2.75, 3.05) is 13.1 Å². The summed E-state index contributed by atoms with van der Waals surface area (Å²) >= 11 is 0. The molecule has 1 fully saturated rings. The molecule has 2 heterocycles. The van der Waals surface area contributed by atoms with Crippen molar-refractivity contribution in [1.82, 2.24) is 5.32 Å². The van der Waals surface area contributed by atoms with Crippen molar-refractivity contribution in [3.8, 4) is 0 Å². The Labute approximate surface area is 104 Å². The fourth-order valence-corrected chi connectivity index (χ4v) is 2.61. The second-order valence-corrected chi connectivity index (χ2v) is 4.38. The number of nitrogens with zero attached hydrogens (tertiary/aromatic N) is 1. The van der Waals surface area contributed by atoms with Crippen molar-refractivity contribution in [1.29, 1.82) is 0 Å². The topological polar surface area (TPSA) is 24.4 Å². The third-order valence-electron chi connectivity index (χ3n) is 3.44. The molecule has 0 spiro atoms. The fourth-order valence-electron chi connectivity index (χ4n) is 2.61. The van der Waals surface area contributed by atoms with Crippen LogP contribution < -0.4 is 5.32 Å². The summed E-state index contributed by atoms with van der Waals surface area (Å²) in [6.07, 6.45) is 2.49. The Morgan fingerprint density at radius 1 is 1.12 bits per heavy atom. The summed E-state index contributed by atoms with van der Waals surface area (Å²) in [6.45, 7) is 7.19. The summed E-state index contributed by atoms with van der Waals surface area (Å²) in [5.74, 6) is 0.690. The van der Waals surface area contributed by atoms with Gasteiger partial charge in [0.1, 0.15) is 0 Å². The first-order valence-corrected chi connectivity index (χ1v) is 6.78. The summed E-state index contributed by atoms with van der Waals surface area (Å²) in [5.41, 5.74) is 4.18. The smallest absolute Gasteiger partial charge is 0.0649 e. The van der Waals surface area contributed by atoms with Crippen LogP contribution in [0.5, 0.6) is 0 Å². The van der Waals surface area contributed by atoms with Crippen LogP contribution >= 0.6 is 0 Å². The van der Waals surface area contributed by atoms with Gasteiger partial charge in [-0.3, -0.25) is 4.99 Å². The molecular weight excluding hydrogens is 208 g/mol. The van der Waals surface area contributed by atoms with Crippen LogP contribution in [-0.4, -0.2) is 18.8 Å². The zero-order valence-electron chi connectivity index (χ0n) is 10.9. The van der Waals surface area contributed by atoms with Gasteiger partial charge in [-0.15, -0.1) is 0 Å². The number of hydrogen-bond acceptors (Lipinski definition) is 2. The van der Waals surface area contributed by atoms with Gasteiger partial charge in [0.15, 0.2) is 0 Å². The minimum absolute atomic E-state index is 0.690. The standard InChI is InChI=1S/C13H16N2.C2H6/c1-2-4-12-11(3-1)9-15-13(12)10-5-7-14-8-6-10;1-2/h1-4,10,14H,5-9H2;1-2H3. The van der Waals surface area contributed by atoms with Crippen molar-refractivity contribution in [2.24, 2.45) is 10.9 Å². The first-order valence-electron chi connectivity index (χ1n) is 6.78. The molecule has 1 aromatic carbocycles. The minimum Gasteiger partial charge on any atom is -0.317 e. The largest absolute Gasteiger partial charge is 0.317 e. The lowest BCUT2D eigenvalue weighted by Gasteiger charge is -2.23. The van der Waals surface area contributed by atoms with Gasteiger partial charge in [0, 0.05) is 17.2 Å². The quantitative estimate of drug-likeness (QED) is 0.788. The Kier molecular flexibility index (Phi) is 4.32. The molecule has 0 atom stereocenters. The number of nitrogens with one attached hydrogen (secondary N) is 1. The first kappa shape index (κ1) is 12.3. The van der Waals surface area contributed by atoms with Gasteiger partial charge in [0.2, 0.25) is 0 Å². The van der Waals surface area contributed by atoms with Crippen LogP contribution in [0.15, 0.2) is 29.3 Å². The Balaban J connectivity index is 0.000000514. The van der Waals surface area contributed by atoms with E-state index in [0.717, 1.165) is 19.6 Å². The minimum atomic E-state index is 0.690. The van der Waals surface area contributed by atoms with E-state index in [2.05, 4.69) is 29.6 Å². The summed E-state index contributed by atoms with van der Waals surface area (Å²) in [5, 5.41) is 3.41. The molecule has 92 valence electrons. The maximum Gasteiger partial charge on any atom is 0.0649 e. The maximum absolute atomic E-state index is 4.72. The van der Waals surface area contributed by atoms with E-state index >= 15 is 0 Å². The van der Waals surface area contributed by atoms with Gasteiger partial charge in [-0.2, -0.15) is 0 Å². The Morgan fingerprint density at radius 3 is 2.59 bits per heavy atom. The molecule has 0 unspecified atom stereocenters. The average Bonchev–Trinajstić information content (AvgIpc) is 2.86. The summed E-state index contributed by atoms with van der Waals surface area (Å²) in [6, 6.07) is 8.66. The van der Waals surface area contributed by atoms with Crippen LogP contribution in [0.2, 0.25) is 0 Å². The molecule has 1 saturated heterocycles. The molecule has 0 aromatic heterocycles. The zero-order chi connectivity index (χ0) is 12.1. The molecule has 3 rings (SSSR count). The third-order valence-corrected chi connectivity index (χ3v) is 3.44. The highest BCUT2D eigenvalue weighted by atomic mass is 14.9. The van der Waals surface area contributed by atoms with Crippen molar-refractivity contribution >= 4 is 5.71 Å². The molecule has 0 radical (unpaired) electrons. The van der Waals surface area contributed by atoms with E-state index in [1.54, 1.807) is 0 Å². The van der Waals surface area contributed by atoms with Gasteiger partial charge in [0.05, 0.1) is 6.54 Å². The predicted molar refractivity (Wildman–Crippen MR) is 73.6 cm³/mol. The van der Waals surface area contributed by atoms with Gasteiger partial charge in [-0.1, -0.05) is 38.1 Å². The van der Waals surface area contributed by atoms with Crippen molar-refractivity contribution < 1.29 is 0 Å². The molecule has 0 saturated carbocycles. The normalized spacial score (nSPS) is 19.1. The molecule has 2 aliphatic heterocycles. The van der Waals surface area contributed by atoms with E-state index in [4.69, 9.17) is 4.99 Å². The lowest BCUT2D eigenvalue weighted by molar-refractivity contribution is 0.457. The molecule has 1 N–H and O–H groups in total. The fraction of sp³-hybridized carbons (Fsp3) is 0.533. The highest BCUT2D eigenvalue weighted by Gasteiger charge is 2.24. The SMILES string of the molecule is CC.c1ccc2c(c1)CN=C2C1CCNCC1. The van der Waals surface area contributed by atoms with Crippen LogP contribution in [0.3, 0.4) is 0 Å². The maximum atomic E-state index is 4.72. The average molecular weight is 230 g/mol. The third kappa shape index (κ3) is 2.58. The van der Waals surface area contributed by atoms with Gasteiger partial charge in [0.25, 0.3) is 0 Å². The van der Waals surface area contributed by atoms with Gasteiger partial charge in [-0.05, 0) is 31.5 Å². The van der Waals surface area contributed by atoms with Crippen LogP contribution in [0.4, 0.5) is 0 Å². The second kappa shape index (κ2) is 5.97. The van der Waals surface area contributed by atoms with Crippen LogP contribution in [-0.2, 0) is 6.54 Å². The lowest BCUT2D eigenvalue weighted by Crippen LogP contribution is -2.31. The van der Waals surface area contributed by atoms with E-state index in [1.807, 2.05) is 13.8 Å². The van der Waals surface area contributed by atoms with Crippen LogP contribution in [0.1, 0.15) is 37.8 Å². The Morgan fingerprint density at radius 2 is 1.82 bits per heavy atom. The van der Waals surface area contributed by atoms with Crippen molar-refractivity contribution in [3.05, 3.63) is 35.4 Å². The molecule has 0 bridgehead atoms. The number of benzene rings is 1. The Bertz CT molecular complexity index is 390. The highest BCUT2D eigenvalue weighted by molar-refractivity contribution is 6.05. The molecule has 1 aromatic rings. The second-order valence-electron chi connectivity index (χ2n) is 4.38. The molecule has 17 heavy (non-hydrogen) atoms. The molecular formula is C15H22N2. The van der Waals surface area contributed by atoms with Gasteiger partial charge < -0.3 is 5.32 Å². The number of rotatable bonds is 1. The predicted octanol–water partition coefficient (Wildman–Crippen LogP) is 3.02.